The van der Waals surface area contributed by atoms with Crippen LogP contribution in [0.2, 0.25) is 0 Å². The van der Waals surface area contributed by atoms with Crippen LogP contribution in [0, 0.1) is 17.8 Å². The maximum Gasteiger partial charge on any atom is 0.264 e. The Kier molecular flexibility index (Phi) is 5.00. The molecule has 0 aliphatic heterocycles. The topological polar surface area (TPSA) is 46.3 Å². The van der Waals surface area contributed by atoms with Gasteiger partial charge < -0.3 is 10.6 Å². The molecule has 1 aromatic rings. The molecule has 0 spiro atoms. The van der Waals surface area contributed by atoms with Crippen molar-refractivity contribution in [3.05, 3.63) is 21.9 Å². The Balaban J connectivity index is 2.03. The van der Waals surface area contributed by atoms with E-state index in [0.29, 0.717) is 12.5 Å². The lowest BCUT2D eigenvalue weighted by Gasteiger charge is -2.20. The molecule has 0 unspecified atom stereocenters. The van der Waals surface area contributed by atoms with Crippen LogP contribution in [0.15, 0.2) is 11.4 Å². The van der Waals surface area contributed by atoms with E-state index in [1.165, 1.54) is 37.0 Å². The third-order valence-electron chi connectivity index (χ3n) is 3.54. The van der Waals surface area contributed by atoms with Crippen molar-refractivity contribution in [2.75, 3.05) is 20.1 Å². The molecule has 2 N–H and O–H groups in total. The molecular weight excluding hydrogens is 256 g/mol. The first-order chi connectivity index (χ1) is 9.22. The van der Waals surface area contributed by atoms with Crippen LogP contribution in [0.25, 0.3) is 0 Å². The summed E-state index contributed by atoms with van der Waals surface area (Å²) in [5, 5.41) is 1.91. The molecule has 0 bridgehead atoms. The second-order valence-electron chi connectivity index (χ2n) is 5.01. The molecule has 1 fully saturated rings. The molecule has 102 valence electrons. The van der Waals surface area contributed by atoms with Crippen molar-refractivity contribution < 1.29 is 4.79 Å². The first kappa shape index (κ1) is 14.1. The van der Waals surface area contributed by atoms with Crippen molar-refractivity contribution in [1.29, 1.82) is 0 Å². The smallest absolute Gasteiger partial charge is 0.264 e. The van der Waals surface area contributed by atoms with Gasteiger partial charge in [0.2, 0.25) is 0 Å². The molecule has 1 amide bonds. The number of carbonyl (C=O) groups excluding carboxylic acids is 1. The molecule has 1 aliphatic rings. The van der Waals surface area contributed by atoms with E-state index in [9.17, 15) is 4.79 Å². The molecule has 0 atom stereocenters. The summed E-state index contributed by atoms with van der Waals surface area (Å²) < 4.78 is 0. The van der Waals surface area contributed by atoms with E-state index in [-0.39, 0.29) is 5.91 Å². The molecule has 4 heteroatoms. The summed E-state index contributed by atoms with van der Waals surface area (Å²) in [6, 6.07) is 1.89. The van der Waals surface area contributed by atoms with Gasteiger partial charge in [-0.2, -0.15) is 0 Å². The van der Waals surface area contributed by atoms with Crippen molar-refractivity contribution in [3.63, 3.8) is 0 Å². The van der Waals surface area contributed by atoms with E-state index >= 15 is 0 Å². The van der Waals surface area contributed by atoms with E-state index in [1.54, 1.807) is 0 Å². The summed E-state index contributed by atoms with van der Waals surface area (Å²) in [5.41, 5.74) is 6.18. The zero-order valence-corrected chi connectivity index (χ0v) is 12.1. The third-order valence-corrected chi connectivity index (χ3v) is 4.44. The van der Waals surface area contributed by atoms with Gasteiger partial charge in [0.15, 0.2) is 0 Å². The van der Waals surface area contributed by atoms with Crippen molar-refractivity contribution in [3.8, 4) is 11.8 Å². The van der Waals surface area contributed by atoms with Crippen molar-refractivity contribution in [2.24, 2.45) is 11.7 Å². The summed E-state index contributed by atoms with van der Waals surface area (Å²) in [4.78, 5) is 15.0. The average Bonchev–Trinajstić information content (AvgIpc) is 3.06. The standard InChI is InChI=1S/C15H20N2OS/c1-17(11-12-5-2-3-6-12)15(18)14-13(7-4-9-16)8-10-19-14/h8,10,12H,2-3,5-6,9,11,16H2,1H3. The molecule has 1 aliphatic carbocycles. The predicted octanol–water partition coefficient (Wildman–Crippen LogP) is 2.32. The number of carbonyl (C=O) groups is 1. The Hall–Kier alpha value is -1.31. The minimum Gasteiger partial charge on any atom is -0.341 e. The number of nitrogens with two attached hydrogens (primary N) is 1. The molecule has 0 aromatic carbocycles. The third kappa shape index (κ3) is 3.59. The van der Waals surface area contributed by atoms with Crippen LogP contribution in [0.1, 0.15) is 40.9 Å². The SMILES string of the molecule is CN(CC1CCCC1)C(=O)c1sccc1C#CCN. The number of hydrogen-bond acceptors (Lipinski definition) is 3. The molecule has 1 heterocycles. The first-order valence-electron chi connectivity index (χ1n) is 6.74. The van der Waals surface area contributed by atoms with E-state index < -0.39 is 0 Å². The lowest BCUT2D eigenvalue weighted by Crippen LogP contribution is -2.31. The molecule has 0 saturated heterocycles. The Labute approximate surface area is 118 Å². The lowest BCUT2D eigenvalue weighted by atomic mass is 10.1. The first-order valence-corrected chi connectivity index (χ1v) is 7.62. The van der Waals surface area contributed by atoms with Gasteiger partial charge in [-0.3, -0.25) is 4.79 Å². The van der Waals surface area contributed by atoms with E-state index in [0.717, 1.165) is 17.0 Å². The Morgan fingerprint density at radius 2 is 2.26 bits per heavy atom. The van der Waals surface area contributed by atoms with Crippen LogP contribution in [0.5, 0.6) is 0 Å². The predicted molar refractivity (Wildman–Crippen MR) is 79.2 cm³/mol. The summed E-state index contributed by atoms with van der Waals surface area (Å²) in [6.45, 7) is 1.18. The molecule has 19 heavy (non-hydrogen) atoms. The van der Waals surface area contributed by atoms with Crippen molar-refractivity contribution in [2.45, 2.75) is 25.7 Å². The highest BCUT2D eigenvalue weighted by molar-refractivity contribution is 7.12. The lowest BCUT2D eigenvalue weighted by molar-refractivity contribution is 0.0778. The molecule has 1 saturated carbocycles. The Bertz CT molecular complexity index is 492. The van der Waals surface area contributed by atoms with Gasteiger partial charge in [0.25, 0.3) is 5.91 Å². The maximum atomic E-state index is 12.4. The van der Waals surface area contributed by atoms with Crippen molar-refractivity contribution >= 4 is 17.2 Å². The van der Waals surface area contributed by atoms with Crippen LogP contribution in [0.3, 0.4) is 0 Å². The largest absolute Gasteiger partial charge is 0.341 e. The fourth-order valence-electron chi connectivity index (χ4n) is 2.56. The van der Waals surface area contributed by atoms with Crippen LogP contribution < -0.4 is 5.73 Å². The molecule has 2 rings (SSSR count). The van der Waals surface area contributed by atoms with Crippen molar-refractivity contribution in [1.82, 2.24) is 4.90 Å². The van der Waals surface area contributed by atoms with E-state index in [2.05, 4.69) is 11.8 Å². The minimum atomic E-state index is 0.0863. The summed E-state index contributed by atoms with van der Waals surface area (Å²) >= 11 is 1.46. The summed E-state index contributed by atoms with van der Waals surface area (Å²) in [6.07, 6.45) is 5.11. The van der Waals surface area contributed by atoms with Gasteiger partial charge in [0.05, 0.1) is 6.54 Å². The monoisotopic (exact) mass is 276 g/mol. The molecular formula is C15H20N2OS. The Morgan fingerprint density at radius 3 is 2.95 bits per heavy atom. The number of amides is 1. The quantitative estimate of drug-likeness (QED) is 0.861. The average molecular weight is 276 g/mol. The number of rotatable bonds is 3. The summed E-state index contributed by atoms with van der Waals surface area (Å²) in [7, 11) is 1.89. The second-order valence-corrected chi connectivity index (χ2v) is 5.92. The highest BCUT2D eigenvalue weighted by Gasteiger charge is 2.22. The zero-order chi connectivity index (χ0) is 13.7. The van der Waals surface area contributed by atoms with Gasteiger partial charge in [-0.15, -0.1) is 11.3 Å². The van der Waals surface area contributed by atoms with Gasteiger partial charge in [-0.05, 0) is 30.2 Å². The highest BCUT2D eigenvalue weighted by atomic mass is 32.1. The Morgan fingerprint density at radius 1 is 1.53 bits per heavy atom. The van der Waals surface area contributed by atoms with Gasteiger partial charge in [0, 0.05) is 19.2 Å². The van der Waals surface area contributed by atoms with Crippen LogP contribution in [-0.4, -0.2) is 30.9 Å². The van der Waals surface area contributed by atoms with Gasteiger partial charge in [-0.25, -0.2) is 0 Å². The molecule has 3 nitrogen and oxygen atoms in total. The van der Waals surface area contributed by atoms with E-state index in [4.69, 9.17) is 5.73 Å². The van der Waals surface area contributed by atoms with E-state index in [1.807, 2.05) is 23.4 Å². The number of nitrogens with zero attached hydrogens (tertiary/aromatic N) is 1. The summed E-state index contributed by atoms with van der Waals surface area (Å²) in [5.74, 6) is 6.54. The van der Waals surface area contributed by atoms with Gasteiger partial charge >= 0.3 is 0 Å². The fourth-order valence-corrected chi connectivity index (χ4v) is 3.40. The normalized spacial score (nSPS) is 15.1. The van der Waals surface area contributed by atoms with Gasteiger partial charge in [-0.1, -0.05) is 24.7 Å². The van der Waals surface area contributed by atoms with Crippen LogP contribution in [0.4, 0.5) is 0 Å². The van der Waals surface area contributed by atoms with Crippen LogP contribution >= 0.6 is 11.3 Å². The fraction of sp³-hybridized carbons (Fsp3) is 0.533. The number of thiophene rings is 1. The second kappa shape index (κ2) is 6.74. The maximum absolute atomic E-state index is 12.4. The van der Waals surface area contributed by atoms with Gasteiger partial charge in [0.1, 0.15) is 4.88 Å². The zero-order valence-electron chi connectivity index (χ0n) is 11.3. The highest BCUT2D eigenvalue weighted by Crippen LogP contribution is 2.26. The molecule has 1 aromatic heterocycles. The number of hydrogen-bond donors (Lipinski definition) is 1. The molecule has 0 radical (unpaired) electrons. The van der Waals surface area contributed by atoms with Crippen LogP contribution in [-0.2, 0) is 0 Å². The minimum absolute atomic E-state index is 0.0863.